The van der Waals surface area contributed by atoms with Gasteiger partial charge in [0.2, 0.25) is 6.20 Å². The number of hydrogen-bond donors (Lipinski definition) is 1. The minimum absolute atomic E-state index is 0.136. The number of nitrogens with one attached hydrogen (secondary N) is 1. The normalized spacial score (nSPS) is 12.0. The Morgan fingerprint density at radius 1 is 1.35 bits per heavy atom. The largest absolute Gasteiger partial charge is 0.618 e. The van der Waals surface area contributed by atoms with Gasteiger partial charge >= 0.3 is 11.7 Å². The van der Waals surface area contributed by atoms with Crippen LogP contribution in [0.3, 0.4) is 0 Å². The van der Waals surface area contributed by atoms with Gasteiger partial charge in [0, 0.05) is 0 Å². The molecule has 0 spiro atoms. The Labute approximate surface area is 96.8 Å². The minimum Gasteiger partial charge on any atom is -0.618 e. The molecule has 4 nitrogen and oxygen atoms in total. The molecule has 8 heteroatoms. The average molecular weight is 265 g/mol. The van der Waals surface area contributed by atoms with Gasteiger partial charge in [0.1, 0.15) is 10.5 Å². The summed E-state index contributed by atoms with van der Waals surface area (Å²) in [7, 11) is 0. The zero-order chi connectivity index (χ0) is 12.8. The molecule has 2 aromatic rings. The fraction of sp³-hybridized carbons (Fsp3) is 0.111. The predicted octanol–water partition coefficient (Wildman–Crippen LogP) is 1.83. The Morgan fingerprint density at radius 3 is 2.59 bits per heavy atom. The third-order valence-electron chi connectivity index (χ3n) is 2.10. The van der Waals surface area contributed by atoms with Crippen LogP contribution in [0.4, 0.5) is 13.2 Å². The molecule has 1 aromatic carbocycles. The van der Waals surface area contributed by atoms with Gasteiger partial charge in [-0.15, -0.1) is 0 Å². The molecule has 0 saturated heterocycles. The molecule has 0 aliphatic heterocycles. The monoisotopic (exact) mass is 264 g/mol. The maximum atomic E-state index is 12.5. The van der Waals surface area contributed by atoms with Crippen molar-refractivity contribution in [2.45, 2.75) is 6.18 Å². The van der Waals surface area contributed by atoms with Crippen molar-refractivity contribution in [2.24, 2.45) is 0 Å². The van der Waals surface area contributed by atoms with Crippen molar-refractivity contribution >= 4 is 22.6 Å². The van der Waals surface area contributed by atoms with Gasteiger partial charge in [0.25, 0.3) is 5.52 Å². The Morgan fingerprint density at radius 2 is 2.00 bits per heavy atom. The van der Waals surface area contributed by atoms with Crippen LogP contribution in [0.15, 0.2) is 23.1 Å². The predicted molar refractivity (Wildman–Crippen MR) is 53.5 cm³/mol. The van der Waals surface area contributed by atoms with E-state index < -0.39 is 17.3 Å². The number of aromatic nitrogens is 2. The topological polar surface area (TPSA) is 59.8 Å². The first-order valence-corrected chi connectivity index (χ1v) is 4.70. The first-order chi connectivity index (χ1) is 7.79. The first kappa shape index (κ1) is 11.7. The minimum atomic E-state index is -4.60. The van der Waals surface area contributed by atoms with E-state index in [1.54, 1.807) is 0 Å². The van der Waals surface area contributed by atoms with Gasteiger partial charge in [0.15, 0.2) is 0 Å². The summed E-state index contributed by atoms with van der Waals surface area (Å²) in [6, 6.07) is 1.30. The molecule has 17 heavy (non-hydrogen) atoms. The van der Waals surface area contributed by atoms with Gasteiger partial charge in [-0.25, -0.2) is 0 Å². The zero-order valence-corrected chi connectivity index (χ0v) is 8.76. The van der Waals surface area contributed by atoms with Crippen LogP contribution in [0.1, 0.15) is 5.56 Å². The van der Waals surface area contributed by atoms with Crippen LogP contribution in [0.25, 0.3) is 11.0 Å². The smallest absolute Gasteiger partial charge is 0.416 e. The molecule has 0 saturated carbocycles. The SMILES string of the molecule is O=c1c[n+]([O-])c2c(Cl)cc(C(F)(F)F)cc2[nH]1. The van der Waals surface area contributed by atoms with E-state index in [-0.39, 0.29) is 20.8 Å². The summed E-state index contributed by atoms with van der Waals surface area (Å²) in [5, 5.41) is 10.9. The summed E-state index contributed by atoms with van der Waals surface area (Å²) in [6.45, 7) is 0. The van der Waals surface area contributed by atoms with Gasteiger partial charge in [-0.2, -0.15) is 17.9 Å². The fourth-order valence-corrected chi connectivity index (χ4v) is 1.72. The highest BCUT2D eigenvalue weighted by atomic mass is 35.5. The Hall–Kier alpha value is -1.76. The number of benzene rings is 1. The number of hydrogen-bond acceptors (Lipinski definition) is 2. The van der Waals surface area contributed by atoms with E-state index in [0.29, 0.717) is 18.3 Å². The third-order valence-corrected chi connectivity index (χ3v) is 2.39. The molecule has 1 heterocycles. The summed E-state index contributed by atoms with van der Waals surface area (Å²) < 4.78 is 37.5. The highest BCUT2D eigenvalue weighted by Gasteiger charge is 2.32. The quantitative estimate of drug-likeness (QED) is 0.583. The van der Waals surface area contributed by atoms with E-state index in [9.17, 15) is 23.2 Å². The lowest BCUT2D eigenvalue weighted by Gasteiger charge is -2.08. The summed E-state index contributed by atoms with van der Waals surface area (Å²) in [5.74, 6) is 0. The molecule has 0 radical (unpaired) electrons. The first-order valence-electron chi connectivity index (χ1n) is 4.32. The van der Waals surface area contributed by atoms with Crippen molar-refractivity contribution in [1.29, 1.82) is 0 Å². The van der Waals surface area contributed by atoms with Crippen molar-refractivity contribution in [3.63, 3.8) is 0 Å². The van der Waals surface area contributed by atoms with E-state index in [1.807, 2.05) is 0 Å². The molecule has 1 aromatic heterocycles. The Bertz CT molecular complexity index is 651. The van der Waals surface area contributed by atoms with Crippen LogP contribution in [0, 0.1) is 5.21 Å². The van der Waals surface area contributed by atoms with E-state index in [0.717, 1.165) is 0 Å². The van der Waals surface area contributed by atoms with Crippen molar-refractivity contribution in [3.05, 3.63) is 44.5 Å². The van der Waals surface area contributed by atoms with E-state index >= 15 is 0 Å². The number of fused-ring (bicyclic) bond motifs is 1. The van der Waals surface area contributed by atoms with E-state index in [2.05, 4.69) is 4.98 Å². The number of alkyl halides is 3. The van der Waals surface area contributed by atoms with E-state index in [1.165, 1.54) is 0 Å². The molecule has 1 N–H and O–H groups in total. The van der Waals surface area contributed by atoms with Crippen molar-refractivity contribution in [3.8, 4) is 0 Å². The molecule has 0 aliphatic rings. The maximum absolute atomic E-state index is 12.5. The van der Waals surface area contributed by atoms with Crippen molar-refractivity contribution in [1.82, 2.24) is 4.98 Å². The van der Waals surface area contributed by atoms with Gasteiger partial charge < -0.3 is 10.2 Å². The van der Waals surface area contributed by atoms with Crippen LogP contribution < -0.4 is 10.3 Å². The van der Waals surface area contributed by atoms with Crippen molar-refractivity contribution in [2.75, 3.05) is 0 Å². The molecule has 2 rings (SSSR count). The number of aromatic amines is 1. The molecule has 0 bridgehead atoms. The highest BCUT2D eigenvalue weighted by molar-refractivity contribution is 6.34. The number of H-pyrrole nitrogens is 1. The molecule has 0 amide bonds. The standard InChI is InChI=1S/C9H4ClF3N2O2/c10-5-1-4(9(11,12)13)2-6-8(5)15(17)3-7(16)14-6/h1-3H,(H,14,16). The van der Waals surface area contributed by atoms with Crippen LogP contribution in [-0.4, -0.2) is 4.98 Å². The molecule has 0 atom stereocenters. The number of rotatable bonds is 0. The lowest BCUT2D eigenvalue weighted by molar-refractivity contribution is -0.578. The molecule has 0 aliphatic carbocycles. The summed E-state index contributed by atoms with van der Waals surface area (Å²) in [4.78, 5) is 13.1. The number of halogens is 4. The lowest BCUT2D eigenvalue weighted by Crippen LogP contribution is -2.33. The molecular weight excluding hydrogens is 261 g/mol. The fourth-order valence-electron chi connectivity index (χ4n) is 1.42. The average Bonchev–Trinajstić information content (AvgIpc) is 2.13. The van der Waals surface area contributed by atoms with Gasteiger partial charge in [0.05, 0.1) is 5.56 Å². The molecular formula is C9H4ClF3N2O2. The number of nitrogens with zero attached hydrogens (tertiary/aromatic N) is 1. The van der Waals surface area contributed by atoms with Crippen LogP contribution in [0.2, 0.25) is 5.02 Å². The Kier molecular flexibility index (Phi) is 2.50. The van der Waals surface area contributed by atoms with Gasteiger partial charge in [-0.1, -0.05) is 11.6 Å². The van der Waals surface area contributed by atoms with Crippen LogP contribution >= 0.6 is 11.6 Å². The van der Waals surface area contributed by atoms with Gasteiger partial charge in [-0.3, -0.25) is 4.79 Å². The van der Waals surface area contributed by atoms with E-state index in [4.69, 9.17) is 11.6 Å². The molecule has 0 fully saturated rings. The highest BCUT2D eigenvalue weighted by Crippen LogP contribution is 2.33. The maximum Gasteiger partial charge on any atom is 0.416 e. The zero-order valence-electron chi connectivity index (χ0n) is 8.01. The summed E-state index contributed by atoms with van der Waals surface area (Å²) >= 11 is 5.58. The second-order valence-corrected chi connectivity index (χ2v) is 3.70. The second kappa shape index (κ2) is 3.63. The lowest BCUT2D eigenvalue weighted by atomic mass is 10.2. The Balaban J connectivity index is 2.87. The molecule has 0 unspecified atom stereocenters. The summed E-state index contributed by atoms with van der Waals surface area (Å²) in [6.07, 6.45) is -3.94. The van der Waals surface area contributed by atoms with Gasteiger partial charge in [-0.05, 0) is 12.1 Å². The van der Waals surface area contributed by atoms with Crippen molar-refractivity contribution < 1.29 is 17.9 Å². The van der Waals surface area contributed by atoms with Crippen LogP contribution in [-0.2, 0) is 6.18 Å². The third kappa shape index (κ3) is 2.05. The summed E-state index contributed by atoms with van der Waals surface area (Å²) in [5.41, 5.74) is -2.30. The van der Waals surface area contributed by atoms with Crippen LogP contribution in [0.5, 0.6) is 0 Å². The second-order valence-electron chi connectivity index (χ2n) is 3.30. The molecule has 90 valence electrons.